The van der Waals surface area contributed by atoms with Crippen molar-refractivity contribution < 1.29 is 13.9 Å². The zero-order valence-corrected chi connectivity index (χ0v) is 11.9. The second-order valence-corrected chi connectivity index (χ2v) is 4.97. The predicted molar refractivity (Wildman–Crippen MR) is 71.4 cm³/mol. The van der Waals surface area contributed by atoms with Crippen LogP contribution in [0.15, 0.2) is 16.7 Å². The first-order valence-corrected chi connectivity index (χ1v) is 6.50. The monoisotopic (exact) mass is 255 g/mol. The summed E-state index contributed by atoms with van der Waals surface area (Å²) < 4.78 is 16.1. The molecule has 1 aromatic heterocycles. The molecule has 0 amide bonds. The van der Waals surface area contributed by atoms with Gasteiger partial charge in [0.1, 0.15) is 12.4 Å². The predicted octanol–water partition coefficient (Wildman–Crippen LogP) is 2.58. The number of methoxy groups -OCH3 is 1. The largest absolute Gasteiger partial charge is 0.467 e. The lowest BCUT2D eigenvalue weighted by molar-refractivity contribution is -0.00670. The van der Waals surface area contributed by atoms with Gasteiger partial charge in [0.05, 0.1) is 19.0 Å². The molecule has 18 heavy (non-hydrogen) atoms. The van der Waals surface area contributed by atoms with Crippen LogP contribution in [-0.2, 0) is 22.6 Å². The molecular formula is C14H25NO3. The van der Waals surface area contributed by atoms with E-state index < -0.39 is 0 Å². The van der Waals surface area contributed by atoms with E-state index in [9.17, 15) is 0 Å². The topological polar surface area (TPSA) is 43.6 Å². The third-order valence-electron chi connectivity index (χ3n) is 2.61. The van der Waals surface area contributed by atoms with Crippen LogP contribution in [0.1, 0.15) is 32.1 Å². The van der Waals surface area contributed by atoms with Gasteiger partial charge in [-0.3, -0.25) is 0 Å². The van der Waals surface area contributed by atoms with Crippen LogP contribution in [0.2, 0.25) is 0 Å². The van der Waals surface area contributed by atoms with Gasteiger partial charge in [0, 0.05) is 19.2 Å². The van der Waals surface area contributed by atoms with Crippen LogP contribution < -0.4 is 5.32 Å². The van der Waals surface area contributed by atoms with Crippen molar-refractivity contribution in [3.63, 3.8) is 0 Å². The lowest BCUT2D eigenvalue weighted by atomic mass is 10.2. The van der Waals surface area contributed by atoms with Crippen molar-refractivity contribution in [1.82, 2.24) is 5.32 Å². The Morgan fingerprint density at radius 1 is 1.33 bits per heavy atom. The summed E-state index contributed by atoms with van der Waals surface area (Å²) in [6.45, 7) is 9.30. The van der Waals surface area contributed by atoms with Gasteiger partial charge in [0.15, 0.2) is 0 Å². The van der Waals surface area contributed by atoms with Crippen LogP contribution in [0.3, 0.4) is 0 Å². The molecule has 0 saturated carbocycles. The third-order valence-corrected chi connectivity index (χ3v) is 2.61. The highest BCUT2D eigenvalue weighted by molar-refractivity contribution is 5.16. The highest BCUT2D eigenvalue weighted by Crippen LogP contribution is 2.13. The maximum absolute atomic E-state index is 5.65. The number of hydrogen-bond donors (Lipinski definition) is 1. The minimum absolute atomic E-state index is 0.0802. The molecule has 0 aliphatic rings. The molecule has 0 bridgehead atoms. The van der Waals surface area contributed by atoms with Gasteiger partial charge in [-0.2, -0.15) is 0 Å². The Balaban J connectivity index is 2.35. The van der Waals surface area contributed by atoms with Crippen LogP contribution in [0, 0.1) is 5.92 Å². The standard InChI is InChI=1S/C14H25NO3/c1-11(2)7-15-8-13-5-6-17-14(13)10-18-12(3)9-16-4/h5-6,11-12,15H,7-10H2,1-4H3. The molecular weight excluding hydrogens is 230 g/mol. The van der Waals surface area contributed by atoms with Crippen molar-refractivity contribution >= 4 is 0 Å². The molecule has 1 N–H and O–H groups in total. The highest BCUT2D eigenvalue weighted by atomic mass is 16.5. The molecule has 0 fully saturated rings. The minimum Gasteiger partial charge on any atom is -0.467 e. The summed E-state index contributed by atoms with van der Waals surface area (Å²) in [6, 6.07) is 1.99. The Morgan fingerprint density at radius 3 is 2.78 bits per heavy atom. The van der Waals surface area contributed by atoms with Crippen molar-refractivity contribution in [2.24, 2.45) is 5.92 Å². The fourth-order valence-corrected chi connectivity index (χ4v) is 1.65. The van der Waals surface area contributed by atoms with E-state index in [-0.39, 0.29) is 6.10 Å². The van der Waals surface area contributed by atoms with E-state index in [1.54, 1.807) is 13.4 Å². The Labute approximate surface area is 110 Å². The van der Waals surface area contributed by atoms with Crippen LogP contribution in [0.4, 0.5) is 0 Å². The first-order valence-electron chi connectivity index (χ1n) is 6.50. The quantitative estimate of drug-likeness (QED) is 0.736. The molecule has 0 aliphatic carbocycles. The molecule has 0 radical (unpaired) electrons. The van der Waals surface area contributed by atoms with Gasteiger partial charge < -0.3 is 19.2 Å². The zero-order chi connectivity index (χ0) is 13.4. The van der Waals surface area contributed by atoms with Crippen LogP contribution in [-0.4, -0.2) is 26.4 Å². The molecule has 0 saturated heterocycles. The average molecular weight is 255 g/mol. The Bertz CT molecular complexity index is 323. The smallest absolute Gasteiger partial charge is 0.133 e. The first-order chi connectivity index (χ1) is 8.63. The molecule has 1 rings (SSSR count). The van der Waals surface area contributed by atoms with Crippen LogP contribution in [0.5, 0.6) is 0 Å². The minimum atomic E-state index is 0.0802. The van der Waals surface area contributed by atoms with E-state index in [1.807, 2.05) is 13.0 Å². The van der Waals surface area contributed by atoms with E-state index in [0.717, 1.165) is 18.8 Å². The summed E-state index contributed by atoms with van der Waals surface area (Å²) in [6.07, 6.45) is 1.79. The van der Waals surface area contributed by atoms with E-state index in [1.165, 1.54) is 5.56 Å². The van der Waals surface area contributed by atoms with Crippen molar-refractivity contribution in [1.29, 1.82) is 0 Å². The number of ether oxygens (including phenoxy) is 2. The number of hydrogen-bond acceptors (Lipinski definition) is 4. The molecule has 0 spiro atoms. The molecule has 1 heterocycles. The third kappa shape index (κ3) is 5.67. The first kappa shape index (κ1) is 15.2. The van der Waals surface area contributed by atoms with Crippen LogP contribution >= 0.6 is 0 Å². The summed E-state index contributed by atoms with van der Waals surface area (Å²) in [4.78, 5) is 0. The molecule has 4 nitrogen and oxygen atoms in total. The van der Waals surface area contributed by atoms with Gasteiger partial charge in [0.25, 0.3) is 0 Å². The second-order valence-electron chi connectivity index (χ2n) is 4.97. The van der Waals surface area contributed by atoms with E-state index in [0.29, 0.717) is 19.1 Å². The number of nitrogens with one attached hydrogen (secondary N) is 1. The maximum Gasteiger partial charge on any atom is 0.133 e. The van der Waals surface area contributed by atoms with Gasteiger partial charge in [-0.1, -0.05) is 13.8 Å². The van der Waals surface area contributed by atoms with Crippen LogP contribution in [0.25, 0.3) is 0 Å². The molecule has 104 valence electrons. The van der Waals surface area contributed by atoms with E-state index in [4.69, 9.17) is 13.9 Å². The molecule has 0 aromatic carbocycles. The van der Waals surface area contributed by atoms with Gasteiger partial charge in [-0.25, -0.2) is 0 Å². The highest BCUT2D eigenvalue weighted by Gasteiger charge is 2.09. The fourth-order valence-electron chi connectivity index (χ4n) is 1.65. The second kappa shape index (κ2) is 8.29. The normalized spacial score (nSPS) is 13.2. The Hall–Kier alpha value is -0.840. The average Bonchev–Trinajstić information content (AvgIpc) is 2.74. The summed E-state index contributed by atoms with van der Waals surface area (Å²) in [5, 5.41) is 3.40. The summed E-state index contributed by atoms with van der Waals surface area (Å²) in [5.74, 6) is 1.55. The zero-order valence-electron chi connectivity index (χ0n) is 11.9. The SMILES string of the molecule is COCC(C)OCc1occc1CNCC(C)C. The van der Waals surface area contributed by atoms with Gasteiger partial charge in [0.2, 0.25) is 0 Å². The number of rotatable bonds is 9. The lowest BCUT2D eigenvalue weighted by Gasteiger charge is -2.12. The van der Waals surface area contributed by atoms with E-state index >= 15 is 0 Å². The van der Waals surface area contributed by atoms with Crippen molar-refractivity contribution in [2.75, 3.05) is 20.3 Å². The molecule has 4 heteroatoms. The van der Waals surface area contributed by atoms with Gasteiger partial charge >= 0.3 is 0 Å². The maximum atomic E-state index is 5.65. The molecule has 0 aliphatic heterocycles. The van der Waals surface area contributed by atoms with Crippen molar-refractivity contribution in [3.8, 4) is 0 Å². The lowest BCUT2D eigenvalue weighted by Crippen LogP contribution is -2.20. The van der Waals surface area contributed by atoms with E-state index in [2.05, 4.69) is 19.2 Å². The Morgan fingerprint density at radius 2 is 2.11 bits per heavy atom. The molecule has 1 aromatic rings. The summed E-state index contributed by atoms with van der Waals surface area (Å²) in [7, 11) is 1.67. The van der Waals surface area contributed by atoms with Gasteiger partial charge in [-0.05, 0) is 25.5 Å². The molecule has 1 atom stereocenters. The summed E-state index contributed by atoms with van der Waals surface area (Å²) in [5.41, 5.74) is 1.17. The van der Waals surface area contributed by atoms with Crippen molar-refractivity contribution in [3.05, 3.63) is 23.7 Å². The van der Waals surface area contributed by atoms with Crippen molar-refractivity contribution in [2.45, 2.75) is 40.0 Å². The fraction of sp³-hybridized carbons (Fsp3) is 0.714. The number of furan rings is 1. The summed E-state index contributed by atoms with van der Waals surface area (Å²) >= 11 is 0. The van der Waals surface area contributed by atoms with Gasteiger partial charge in [-0.15, -0.1) is 0 Å². The molecule has 1 unspecified atom stereocenters. The Kier molecular flexibility index (Phi) is 7.01.